The van der Waals surface area contributed by atoms with Gasteiger partial charge in [-0.1, -0.05) is 36.4 Å². The van der Waals surface area contributed by atoms with E-state index in [0.29, 0.717) is 6.04 Å². The van der Waals surface area contributed by atoms with Crippen molar-refractivity contribution in [2.45, 2.75) is 32.4 Å². The van der Waals surface area contributed by atoms with E-state index in [9.17, 15) is 4.79 Å². The van der Waals surface area contributed by atoms with Gasteiger partial charge in [-0.3, -0.25) is 9.89 Å². The monoisotopic (exact) mass is 471 g/mol. The molecule has 1 saturated heterocycles. The molecule has 7 heteroatoms. The SMILES string of the molecule is Cc1ccsc1C(=O)Nc1cc(CNC2CCNCC2)ccc1C=Cc1n[nH]c2ccccc12. The second kappa shape index (κ2) is 10.3. The lowest BCUT2D eigenvalue weighted by Gasteiger charge is -2.24. The number of aromatic nitrogens is 2. The predicted molar refractivity (Wildman–Crippen MR) is 141 cm³/mol. The molecule has 0 atom stereocenters. The summed E-state index contributed by atoms with van der Waals surface area (Å²) in [4.78, 5) is 13.7. The minimum Gasteiger partial charge on any atom is -0.321 e. The number of anilines is 1. The summed E-state index contributed by atoms with van der Waals surface area (Å²) in [7, 11) is 0. The van der Waals surface area contributed by atoms with Gasteiger partial charge in [0.05, 0.1) is 16.1 Å². The molecule has 1 aliphatic rings. The lowest BCUT2D eigenvalue weighted by Crippen LogP contribution is -2.39. The van der Waals surface area contributed by atoms with Gasteiger partial charge in [-0.05, 0) is 79.2 Å². The second-order valence-corrected chi connectivity index (χ2v) is 9.62. The number of aromatic amines is 1. The van der Waals surface area contributed by atoms with Gasteiger partial charge in [-0.25, -0.2) is 0 Å². The van der Waals surface area contributed by atoms with Crippen molar-refractivity contribution in [3.8, 4) is 0 Å². The topological polar surface area (TPSA) is 81.8 Å². The average Bonchev–Trinajstić information content (AvgIpc) is 3.49. The molecule has 2 aromatic heterocycles. The molecule has 174 valence electrons. The van der Waals surface area contributed by atoms with E-state index >= 15 is 0 Å². The summed E-state index contributed by atoms with van der Waals surface area (Å²) in [6.45, 7) is 4.86. The summed E-state index contributed by atoms with van der Waals surface area (Å²) >= 11 is 1.47. The smallest absolute Gasteiger partial charge is 0.266 e. The maximum Gasteiger partial charge on any atom is 0.266 e. The molecule has 3 heterocycles. The van der Waals surface area contributed by atoms with E-state index in [2.05, 4.69) is 50.4 Å². The highest BCUT2D eigenvalue weighted by molar-refractivity contribution is 7.12. The first-order valence-corrected chi connectivity index (χ1v) is 12.6. The minimum absolute atomic E-state index is 0.0733. The van der Waals surface area contributed by atoms with Crippen molar-refractivity contribution in [1.29, 1.82) is 0 Å². The average molecular weight is 472 g/mol. The van der Waals surface area contributed by atoms with Crippen LogP contribution in [-0.4, -0.2) is 35.2 Å². The van der Waals surface area contributed by atoms with Crippen LogP contribution in [0.1, 0.15) is 44.9 Å². The Morgan fingerprint density at radius 2 is 2.00 bits per heavy atom. The molecule has 4 N–H and O–H groups in total. The van der Waals surface area contributed by atoms with E-state index in [1.807, 2.05) is 48.7 Å². The van der Waals surface area contributed by atoms with Crippen LogP contribution in [0.5, 0.6) is 0 Å². The zero-order valence-electron chi connectivity index (χ0n) is 19.2. The van der Waals surface area contributed by atoms with Gasteiger partial charge in [0.1, 0.15) is 0 Å². The molecule has 4 aromatic rings. The molecule has 6 nitrogen and oxygen atoms in total. The number of aryl methyl sites for hydroxylation is 1. The summed E-state index contributed by atoms with van der Waals surface area (Å²) in [5.74, 6) is -0.0733. The van der Waals surface area contributed by atoms with Crippen LogP contribution >= 0.6 is 11.3 Å². The molecule has 5 rings (SSSR count). The fourth-order valence-electron chi connectivity index (χ4n) is 4.32. The van der Waals surface area contributed by atoms with Gasteiger partial charge >= 0.3 is 0 Å². The van der Waals surface area contributed by atoms with Crippen molar-refractivity contribution in [2.24, 2.45) is 0 Å². The van der Waals surface area contributed by atoms with Gasteiger partial charge in [0.15, 0.2) is 0 Å². The number of hydrogen-bond donors (Lipinski definition) is 4. The Morgan fingerprint density at radius 3 is 2.82 bits per heavy atom. The summed E-state index contributed by atoms with van der Waals surface area (Å²) in [6.07, 6.45) is 6.29. The van der Waals surface area contributed by atoms with Crippen molar-refractivity contribution in [3.05, 3.63) is 81.2 Å². The Hall–Kier alpha value is -3.26. The maximum atomic E-state index is 13.0. The maximum absolute atomic E-state index is 13.0. The Labute approximate surface area is 203 Å². The molecule has 0 unspecified atom stereocenters. The summed E-state index contributed by atoms with van der Waals surface area (Å²) in [5, 5.41) is 20.8. The van der Waals surface area contributed by atoms with E-state index in [1.54, 1.807) is 0 Å². The quantitative estimate of drug-likeness (QED) is 0.299. The van der Waals surface area contributed by atoms with Crippen LogP contribution in [0.3, 0.4) is 0 Å². The first kappa shape index (κ1) is 22.5. The first-order chi connectivity index (χ1) is 16.7. The highest BCUT2D eigenvalue weighted by Gasteiger charge is 2.15. The molecule has 0 spiro atoms. The zero-order valence-corrected chi connectivity index (χ0v) is 20.0. The lowest BCUT2D eigenvalue weighted by atomic mass is 10.0. The number of carbonyl (C=O) groups excluding carboxylic acids is 1. The second-order valence-electron chi connectivity index (χ2n) is 8.70. The molecular formula is C27H29N5OS. The number of fused-ring (bicyclic) bond motifs is 1. The van der Waals surface area contributed by atoms with Crippen molar-refractivity contribution >= 4 is 46.0 Å². The summed E-state index contributed by atoms with van der Waals surface area (Å²) in [6, 6.07) is 16.8. The predicted octanol–water partition coefficient (Wildman–Crippen LogP) is 5.20. The molecule has 1 amide bonds. The van der Waals surface area contributed by atoms with Crippen LogP contribution in [0.4, 0.5) is 5.69 Å². The minimum atomic E-state index is -0.0733. The summed E-state index contributed by atoms with van der Waals surface area (Å²) in [5.41, 5.74) is 5.77. The Bertz CT molecular complexity index is 1320. The first-order valence-electron chi connectivity index (χ1n) is 11.7. The number of carbonyl (C=O) groups is 1. The number of H-pyrrole nitrogens is 1. The largest absolute Gasteiger partial charge is 0.321 e. The van der Waals surface area contributed by atoms with E-state index in [4.69, 9.17) is 0 Å². The van der Waals surface area contributed by atoms with E-state index in [1.165, 1.54) is 11.3 Å². The highest BCUT2D eigenvalue weighted by atomic mass is 32.1. The number of piperidine rings is 1. The lowest BCUT2D eigenvalue weighted by molar-refractivity contribution is 0.103. The molecular weight excluding hydrogens is 442 g/mol. The number of amides is 1. The van der Waals surface area contributed by atoms with Crippen molar-refractivity contribution in [3.63, 3.8) is 0 Å². The number of nitrogens with one attached hydrogen (secondary N) is 4. The number of benzene rings is 2. The van der Waals surface area contributed by atoms with Crippen LogP contribution in [-0.2, 0) is 6.54 Å². The fraction of sp³-hybridized carbons (Fsp3) is 0.259. The van der Waals surface area contributed by atoms with Crippen LogP contribution in [0, 0.1) is 6.92 Å². The number of hydrogen-bond acceptors (Lipinski definition) is 5. The van der Waals surface area contributed by atoms with Crippen LogP contribution in [0.15, 0.2) is 53.9 Å². The number of para-hydroxylation sites is 1. The molecule has 2 aromatic carbocycles. The van der Waals surface area contributed by atoms with Crippen molar-refractivity contribution < 1.29 is 4.79 Å². The molecule has 0 radical (unpaired) electrons. The van der Waals surface area contributed by atoms with E-state index in [0.717, 1.165) is 76.3 Å². The Kier molecular flexibility index (Phi) is 6.85. The summed E-state index contributed by atoms with van der Waals surface area (Å²) < 4.78 is 0. The Balaban J connectivity index is 1.40. The molecule has 0 aliphatic carbocycles. The fourth-order valence-corrected chi connectivity index (χ4v) is 5.14. The van der Waals surface area contributed by atoms with Crippen LogP contribution < -0.4 is 16.0 Å². The van der Waals surface area contributed by atoms with Crippen LogP contribution in [0.25, 0.3) is 23.1 Å². The van der Waals surface area contributed by atoms with Gasteiger partial charge in [0, 0.05) is 23.7 Å². The molecule has 1 fully saturated rings. The Morgan fingerprint density at radius 1 is 1.15 bits per heavy atom. The zero-order chi connectivity index (χ0) is 23.3. The normalized spacial score (nSPS) is 14.7. The van der Waals surface area contributed by atoms with Gasteiger partial charge < -0.3 is 16.0 Å². The third-order valence-corrected chi connectivity index (χ3v) is 7.30. The van der Waals surface area contributed by atoms with E-state index < -0.39 is 0 Å². The van der Waals surface area contributed by atoms with Gasteiger partial charge in [-0.2, -0.15) is 5.10 Å². The molecule has 0 bridgehead atoms. The van der Waals surface area contributed by atoms with Crippen molar-refractivity contribution in [1.82, 2.24) is 20.8 Å². The van der Waals surface area contributed by atoms with Gasteiger partial charge in [0.2, 0.25) is 0 Å². The molecule has 1 aliphatic heterocycles. The third kappa shape index (κ3) is 5.12. The number of nitrogens with zero attached hydrogens (tertiary/aromatic N) is 1. The standard InChI is InChI=1S/C27H29N5OS/c1-18-12-15-34-26(18)27(33)30-25-16-19(17-29-21-10-13-28-14-11-21)6-7-20(25)8-9-24-22-4-2-3-5-23(22)31-32-24/h2-9,12,15-16,21,28-29H,10-11,13-14,17H2,1H3,(H,30,33)(H,31,32). The van der Waals surface area contributed by atoms with Crippen molar-refractivity contribution in [2.75, 3.05) is 18.4 Å². The molecule has 0 saturated carbocycles. The highest BCUT2D eigenvalue weighted by Crippen LogP contribution is 2.25. The number of thiophene rings is 1. The van der Waals surface area contributed by atoms with E-state index in [-0.39, 0.29) is 5.91 Å². The van der Waals surface area contributed by atoms with Gasteiger partial charge in [0.25, 0.3) is 5.91 Å². The molecule has 34 heavy (non-hydrogen) atoms. The van der Waals surface area contributed by atoms with Crippen LogP contribution in [0.2, 0.25) is 0 Å². The number of rotatable bonds is 7. The van der Waals surface area contributed by atoms with Gasteiger partial charge in [-0.15, -0.1) is 11.3 Å². The third-order valence-electron chi connectivity index (χ3n) is 6.29.